The molecule has 1 heterocycles. The topological polar surface area (TPSA) is 65.9 Å². The number of aliphatic imine (C=N–C) groups is 1. The van der Waals surface area contributed by atoms with Crippen LogP contribution in [-0.4, -0.2) is 50.5 Å². The Bertz CT molecular complexity index is 582. The third-order valence-electron chi connectivity index (χ3n) is 4.44. The maximum atomic E-state index is 13.7. The molecule has 1 atom stereocenters. The summed E-state index contributed by atoms with van der Waals surface area (Å²) in [7, 11) is 0. The summed E-state index contributed by atoms with van der Waals surface area (Å²) in [6.07, 6.45) is 1.90. The highest BCUT2D eigenvalue weighted by Gasteiger charge is 2.34. The Labute approximate surface area is 170 Å². The second kappa shape index (κ2) is 11.7. The van der Waals surface area contributed by atoms with Crippen LogP contribution < -0.4 is 10.6 Å². The first-order valence-corrected chi connectivity index (χ1v) is 8.73. The third kappa shape index (κ3) is 6.96. The maximum absolute atomic E-state index is 13.7. The number of benzene rings is 1. The number of halogens is 3. The third-order valence-corrected chi connectivity index (χ3v) is 4.44. The lowest BCUT2D eigenvalue weighted by atomic mass is 9.84. The molecule has 148 valence electrons. The van der Waals surface area contributed by atoms with E-state index in [0.717, 1.165) is 18.6 Å². The van der Waals surface area contributed by atoms with Gasteiger partial charge in [-0.2, -0.15) is 0 Å². The molecule has 1 saturated heterocycles. The van der Waals surface area contributed by atoms with Crippen LogP contribution in [0.1, 0.15) is 25.3 Å². The van der Waals surface area contributed by atoms with Crippen molar-refractivity contribution >= 4 is 29.9 Å². The van der Waals surface area contributed by atoms with E-state index in [1.807, 2.05) is 6.92 Å². The van der Waals surface area contributed by atoms with Crippen molar-refractivity contribution in [3.05, 3.63) is 35.4 Å². The average molecular weight is 483 g/mol. The Hall–Kier alpha value is -1.00. The van der Waals surface area contributed by atoms with Gasteiger partial charge in [-0.05, 0) is 49.9 Å². The van der Waals surface area contributed by atoms with Crippen LogP contribution in [-0.2, 0) is 11.2 Å². The summed E-state index contributed by atoms with van der Waals surface area (Å²) in [5, 5.41) is 15.6. The van der Waals surface area contributed by atoms with E-state index in [0.29, 0.717) is 57.2 Å². The molecule has 0 aliphatic carbocycles. The molecule has 0 aromatic heterocycles. The smallest absolute Gasteiger partial charge is 0.191 e. The van der Waals surface area contributed by atoms with E-state index < -0.39 is 11.6 Å². The molecule has 1 aromatic carbocycles. The van der Waals surface area contributed by atoms with Gasteiger partial charge in [0.25, 0.3) is 0 Å². The Morgan fingerprint density at radius 2 is 2.15 bits per heavy atom. The minimum absolute atomic E-state index is 0. The molecular formula is C18H28F2IN3O2. The van der Waals surface area contributed by atoms with Crippen LogP contribution in [0, 0.1) is 17.0 Å². The van der Waals surface area contributed by atoms with Crippen LogP contribution in [0.2, 0.25) is 0 Å². The number of aliphatic hydroxyl groups excluding tert-OH is 1. The molecule has 26 heavy (non-hydrogen) atoms. The van der Waals surface area contributed by atoms with Crippen molar-refractivity contribution in [1.82, 2.24) is 10.6 Å². The Morgan fingerprint density at radius 3 is 2.81 bits per heavy atom. The predicted octanol–water partition coefficient (Wildman–Crippen LogP) is 2.47. The van der Waals surface area contributed by atoms with Crippen molar-refractivity contribution in [3.63, 3.8) is 0 Å². The molecule has 1 aliphatic heterocycles. The van der Waals surface area contributed by atoms with Crippen LogP contribution in [0.4, 0.5) is 8.78 Å². The largest absolute Gasteiger partial charge is 0.396 e. The standard InChI is InChI=1S/C18H27F2N3O2.HI/c1-2-21-17(23-12-18(6-9-24)7-10-25-13-18)22-8-5-14-11-15(19)3-4-16(14)20;/h3-4,11,24H,2,5-10,12-13H2,1H3,(H2,21,22,23);1H. The summed E-state index contributed by atoms with van der Waals surface area (Å²) < 4.78 is 32.3. The quantitative estimate of drug-likeness (QED) is 0.302. The molecule has 0 bridgehead atoms. The number of guanidine groups is 1. The number of nitrogens with one attached hydrogen (secondary N) is 2. The number of nitrogens with zero attached hydrogens (tertiary/aromatic N) is 1. The number of hydrogen-bond donors (Lipinski definition) is 3. The van der Waals surface area contributed by atoms with Crippen molar-refractivity contribution in [2.45, 2.75) is 26.2 Å². The van der Waals surface area contributed by atoms with Gasteiger partial charge in [-0.3, -0.25) is 4.99 Å². The summed E-state index contributed by atoms with van der Waals surface area (Å²) in [6.45, 7) is 5.06. The number of hydrogen-bond acceptors (Lipinski definition) is 3. The lowest BCUT2D eigenvalue weighted by molar-refractivity contribution is 0.131. The fourth-order valence-electron chi connectivity index (χ4n) is 2.93. The molecule has 0 spiro atoms. The number of ether oxygens (including phenoxy) is 1. The van der Waals surface area contributed by atoms with E-state index in [9.17, 15) is 13.9 Å². The van der Waals surface area contributed by atoms with Crippen LogP contribution in [0.3, 0.4) is 0 Å². The molecule has 1 aromatic rings. The van der Waals surface area contributed by atoms with E-state index in [2.05, 4.69) is 15.6 Å². The second-order valence-electron chi connectivity index (χ2n) is 6.38. The van der Waals surface area contributed by atoms with E-state index in [4.69, 9.17) is 4.74 Å². The van der Waals surface area contributed by atoms with Gasteiger partial charge in [-0.1, -0.05) is 0 Å². The summed E-state index contributed by atoms with van der Waals surface area (Å²) >= 11 is 0. The number of rotatable bonds is 8. The molecule has 3 N–H and O–H groups in total. The fourth-order valence-corrected chi connectivity index (χ4v) is 2.93. The summed E-state index contributed by atoms with van der Waals surface area (Å²) in [4.78, 5) is 4.59. The summed E-state index contributed by atoms with van der Waals surface area (Å²) in [6, 6.07) is 3.47. The van der Waals surface area contributed by atoms with Gasteiger partial charge < -0.3 is 20.5 Å². The van der Waals surface area contributed by atoms with Gasteiger partial charge in [0.2, 0.25) is 0 Å². The maximum Gasteiger partial charge on any atom is 0.191 e. The number of aliphatic hydroxyl groups is 1. The Balaban J connectivity index is 0.00000338. The van der Waals surface area contributed by atoms with Crippen molar-refractivity contribution < 1.29 is 18.6 Å². The van der Waals surface area contributed by atoms with Crippen molar-refractivity contribution in [1.29, 1.82) is 0 Å². The van der Waals surface area contributed by atoms with E-state index in [-0.39, 0.29) is 36.0 Å². The average Bonchev–Trinajstić information content (AvgIpc) is 3.05. The normalized spacial score (nSPS) is 19.9. The van der Waals surface area contributed by atoms with Crippen molar-refractivity contribution in [2.24, 2.45) is 10.4 Å². The molecule has 0 radical (unpaired) electrons. The van der Waals surface area contributed by atoms with Crippen molar-refractivity contribution in [3.8, 4) is 0 Å². The SMILES string of the molecule is CCNC(=NCC1(CCO)CCOC1)NCCc1cc(F)ccc1F.I. The highest BCUT2D eigenvalue weighted by molar-refractivity contribution is 14.0. The van der Waals surface area contributed by atoms with Gasteiger partial charge in [0.05, 0.1) is 13.2 Å². The Kier molecular flexibility index (Phi) is 10.3. The van der Waals surface area contributed by atoms with Crippen molar-refractivity contribution in [2.75, 3.05) is 39.5 Å². The zero-order valence-corrected chi connectivity index (χ0v) is 17.4. The summed E-state index contributed by atoms with van der Waals surface area (Å²) in [5.74, 6) is -0.220. The zero-order chi connectivity index (χ0) is 18.1. The minimum Gasteiger partial charge on any atom is -0.396 e. The first-order valence-electron chi connectivity index (χ1n) is 8.73. The van der Waals surface area contributed by atoms with Gasteiger partial charge >= 0.3 is 0 Å². The minimum atomic E-state index is -0.441. The second-order valence-corrected chi connectivity index (χ2v) is 6.38. The van der Waals surface area contributed by atoms with Gasteiger partial charge in [0.15, 0.2) is 5.96 Å². The molecule has 1 fully saturated rings. The highest BCUT2D eigenvalue weighted by atomic mass is 127. The van der Waals surface area contributed by atoms with Gasteiger partial charge in [0, 0.05) is 31.7 Å². The molecular weight excluding hydrogens is 455 g/mol. The lowest BCUT2D eigenvalue weighted by Crippen LogP contribution is -2.39. The first-order chi connectivity index (χ1) is 12.1. The van der Waals surface area contributed by atoms with Crippen LogP contribution >= 0.6 is 24.0 Å². The highest BCUT2D eigenvalue weighted by Crippen LogP contribution is 2.32. The van der Waals surface area contributed by atoms with E-state index >= 15 is 0 Å². The summed E-state index contributed by atoms with van der Waals surface area (Å²) in [5.41, 5.74) is 0.218. The van der Waals surface area contributed by atoms with Crippen LogP contribution in [0.15, 0.2) is 23.2 Å². The van der Waals surface area contributed by atoms with Gasteiger partial charge in [0.1, 0.15) is 11.6 Å². The van der Waals surface area contributed by atoms with Gasteiger partial charge in [-0.25, -0.2) is 8.78 Å². The fraction of sp³-hybridized carbons (Fsp3) is 0.611. The van der Waals surface area contributed by atoms with Gasteiger partial charge in [-0.15, -0.1) is 24.0 Å². The van der Waals surface area contributed by atoms with E-state index in [1.54, 1.807) is 0 Å². The molecule has 2 rings (SSSR count). The molecule has 0 amide bonds. The van der Waals surface area contributed by atoms with E-state index in [1.165, 1.54) is 6.07 Å². The molecule has 8 heteroatoms. The first kappa shape index (κ1) is 23.0. The lowest BCUT2D eigenvalue weighted by Gasteiger charge is -2.24. The molecule has 1 aliphatic rings. The predicted molar refractivity (Wildman–Crippen MR) is 109 cm³/mol. The monoisotopic (exact) mass is 483 g/mol. The zero-order valence-electron chi connectivity index (χ0n) is 15.1. The molecule has 0 saturated carbocycles. The molecule has 1 unspecified atom stereocenters. The van der Waals surface area contributed by atoms with Crippen LogP contribution in [0.25, 0.3) is 0 Å². The Morgan fingerprint density at radius 1 is 1.35 bits per heavy atom. The van der Waals surface area contributed by atoms with Crippen LogP contribution in [0.5, 0.6) is 0 Å². The molecule has 5 nitrogen and oxygen atoms in total.